The quantitative estimate of drug-likeness (QED) is 0.472. The van der Waals surface area contributed by atoms with Crippen LogP contribution in [0.2, 0.25) is 0 Å². The fraction of sp³-hybridized carbons (Fsp3) is 0.533. The van der Waals surface area contributed by atoms with Crippen molar-refractivity contribution in [2.45, 2.75) is 33.6 Å². The summed E-state index contributed by atoms with van der Waals surface area (Å²) in [5.74, 6) is 1.51. The van der Waals surface area contributed by atoms with E-state index in [1.807, 2.05) is 0 Å². The minimum absolute atomic E-state index is 0. The molecule has 0 bridgehead atoms. The summed E-state index contributed by atoms with van der Waals surface area (Å²) in [4.78, 5) is 4.29. The summed E-state index contributed by atoms with van der Waals surface area (Å²) in [6.07, 6.45) is 0. The number of aliphatic imine (C=N–C) groups is 1. The van der Waals surface area contributed by atoms with Crippen LogP contribution in [0.25, 0.3) is 0 Å². The fourth-order valence-electron chi connectivity index (χ4n) is 1.69. The monoisotopic (exact) mass is 375 g/mol. The molecule has 0 saturated heterocycles. The summed E-state index contributed by atoms with van der Waals surface area (Å²) < 4.78 is 0. The van der Waals surface area contributed by atoms with Crippen LogP contribution < -0.4 is 11.1 Å². The number of rotatable bonds is 5. The van der Waals surface area contributed by atoms with Crippen LogP contribution in [0.5, 0.6) is 0 Å². The number of guanidine groups is 1. The van der Waals surface area contributed by atoms with E-state index in [1.165, 1.54) is 11.1 Å². The Labute approximate surface area is 134 Å². The molecule has 1 aromatic carbocycles. The van der Waals surface area contributed by atoms with Gasteiger partial charge >= 0.3 is 0 Å². The topological polar surface area (TPSA) is 50.4 Å². The van der Waals surface area contributed by atoms with Gasteiger partial charge in [0.2, 0.25) is 0 Å². The lowest BCUT2D eigenvalue weighted by Crippen LogP contribution is -2.34. The highest BCUT2D eigenvalue weighted by Gasteiger charge is 2.05. The summed E-state index contributed by atoms with van der Waals surface area (Å²) >= 11 is 0. The highest BCUT2D eigenvalue weighted by atomic mass is 127. The van der Waals surface area contributed by atoms with E-state index < -0.39 is 0 Å². The molecule has 4 heteroatoms. The van der Waals surface area contributed by atoms with Gasteiger partial charge in [-0.05, 0) is 24.3 Å². The van der Waals surface area contributed by atoms with Crippen LogP contribution in [-0.4, -0.2) is 19.0 Å². The van der Waals surface area contributed by atoms with Gasteiger partial charge in [-0.2, -0.15) is 0 Å². The zero-order valence-electron chi connectivity index (χ0n) is 12.3. The van der Waals surface area contributed by atoms with Crippen LogP contribution in [-0.2, 0) is 0 Å². The summed E-state index contributed by atoms with van der Waals surface area (Å²) in [5, 5.41) is 3.18. The molecular weight excluding hydrogens is 349 g/mol. The molecule has 0 spiro atoms. The molecule has 1 rings (SSSR count). The van der Waals surface area contributed by atoms with Gasteiger partial charge in [-0.15, -0.1) is 24.0 Å². The summed E-state index contributed by atoms with van der Waals surface area (Å²) in [6, 6.07) is 8.58. The van der Waals surface area contributed by atoms with Gasteiger partial charge in [0.1, 0.15) is 0 Å². The number of hydrogen-bond acceptors (Lipinski definition) is 1. The average Bonchev–Trinajstić information content (AvgIpc) is 2.33. The maximum absolute atomic E-state index is 5.82. The minimum Gasteiger partial charge on any atom is -0.370 e. The van der Waals surface area contributed by atoms with E-state index in [1.54, 1.807) is 0 Å². The summed E-state index contributed by atoms with van der Waals surface area (Å²) in [6.45, 7) is 10.2. The van der Waals surface area contributed by atoms with Crippen LogP contribution in [0.4, 0.5) is 0 Å². The number of nitrogens with one attached hydrogen (secondary N) is 1. The molecule has 0 fully saturated rings. The van der Waals surface area contributed by atoms with Crippen molar-refractivity contribution in [1.82, 2.24) is 5.32 Å². The van der Waals surface area contributed by atoms with Crippen LogP contribution >= 0.6 is 24.0 Å². The van der Waals surface area contributed by atoms with Gasteiger partial charge in [-0.1, -0.05) is 50.6 Å². The van der Waals surface area contributed by atoms with E-state index in [4.69, 9.17) is 5.73 Å². The molecule has 0 aliphatic rings. The highest BCUT2D eigenvalue weighted by molar-refractivity contribution is 14.0. The van der Waals surface area contributed by atoms with E-state index in [0.29, 0.717) is 17.8 Å². The first-order valence-corrected chi connectivity index (χ1v) is 6.59. The third-order valence-corrected chi connectivity index (χ3v) is 2.83. The average molecular weight is 375 g/mol. The van der Waals surface area contributed by atoms with Gasteiger partial charge in [0, 0.05) is 13.1 Å². The van der Waals surface area contributed by atoms with E-state index in [-0.39, 0.29) is 24.0 Å². The molecular formula is C15H26IN3. The molecule has 0 aliphatic heterocycles. The second-order valence-corrected chi connectivity index (χ2v) is 5.32. The first kappa shape index (κ1) is 18.2. The van der Waals surface area contributed by atoms with Crippen LogP contribution in [0, 0.1) is 12.8 Å². The molecule has 19 heavy (non-hydrogen) atoms. The van der Waals surface area contributed by atoms with Crippen molar-refractivity contribution in [3.63, 3.8) is 0 Å². The Morgan fingerprint density at radius 3 is 2.58 bits per heavy atom. The molecule has 0 aromatic heterocycles. The number of aryl methyl sites for hydroxylation is 1. The summed E-state index contributed by atoms with van der Waals surface area (Å²) in [7, 11) is 0. The molecule has 0 saturated carbocycles. The second kappa shape index (κ2) is 9.18. The number of nitrogens with two attached hydrogens (primary N) is 1. The molecule has 1 unspecified atom stereocenters. The van der Waals surface area contributed by atoms with Crippen molar-refractivity contribution >= 4 is 29.9 Å². The van der Waals surface area contributed by atoms with Crippen LogP contribution in [0.15, 0.2) is 29.3 Å². The van der Waals surface area contributed by atoms with Crippen LogP contribution in [0.1, 0.15) is 37.8 Å². The normalized spacial score (nSPS) is 13.0. The molecule has 0 aliphatic carbocycles. The van der Waals surface area contributed by atoms with Gasteiger partial charge in [-0.25, -0.2) is 0 Å². The number of benzene rings is 1. The highest BCUT2D eigenvalue weighted by Crippen LogP contribution is 2.15. The second-order valence-electron chi connectivity index (χ2n) is 5.32. The molecule has 0 radical (unpaired) electrons. The van der Waals surface area contributed by atoms with Crippen molar-refractivity contribution in [1.29, 1.82) is 0 Å². The van der Waals surface area contributed by atoms with Crippen molar-refractivity contribution < 1.29 is 0 Å². The Morgan fingerprint density at radius 2 is 2.00 bits per heavy atom. The maximum atomic E-state index is 5.82. The van der Waals surface area contributed by atoms with E-state index in [0.717, 1.165) is 13.1 Å². The maximum Gasteiger partial charge on any atom is 0.188 e. The predicted octanol–water partition coefficient (Wildman–Crippen LogP) is 3.28. The lowest BCUT2D eigenvalue weighted by molar-refractivity contribution is 0.656. The van der Waals surface area contributed by atoms with Gasteiger partial charge in [-0.3, -0.25) is 4.99 Å². The van der Waals surface area contributed by atoms with E-state index in [2.05, 4.69) is 62.3 Å². The lowest BCUT2D eigenvalue weighted by atomic mass is 9.99. The number of halogens is 1. The zero-order chi connectivity index (χ0) is 13.5. The molecule has 1 atom stereocenters. The Hall–Kier alpha value is -0.780. The van der Waals surface area contributed by atoms with Crippen molar-refractivity contribution in [2.24, 2.45) is 16.6 Å². The Balaban J connectivity index is 0.00000324. The largest absolute Gasteiger partial charge is 0.370 e. The third kappa shape index (κ3) is 7.40. The SMILES string of the molecule is Cc1cccc(C(C)CNC(N)=NCC(C)C)c1.I. The van der Waals surface area contributed by atoms with Crippen LogP contribution in [0.3, 0.4) is 0 Å². The first-order chi connectivity index (χ1) is 8.49. The van der Waals surface area contributed by atoms with Gasteiger partial charge in [0.25, 0.3) is 0 Å². The fourth-order valence-corrected chi connectivity index (χ4v) is 1.69. The van der Waals surface area contributed by atoms with E-state index in [9.17, 15) is 0 Å². The van der Waals surface area contributed by atoms with Gasteiger partial charge in [0.05, 0.1) is 0 Å². The molecule has 108 valence electrons. The predicted molar refractivity (Wildman–Crippen MR) is 94.3 cm³/mol. The zero-order valence-corrected chi connectivity index (χ0v) is 14.6. The Bertz CT molecular complexity index is 402. The smallest absolute Gasteiger partial charge is 0.188 e. The van der Waals surface area contributed by atoms with Gasteiger partial charge < -0.3 is 11.1 Å². The molecule has 1 aromatic rings. The lowest BCUT2D eigenvalue weighted by Gasteiger charge is -2.14. The summed E-state index contributed by atoms with van der Waals surface area (Å²) in [5.41, 5.74) is 8.44. The molecule has 3 N–H and O–H groups in total. The Morgan fingerprint density at radius 1 is 1.32 bits per heavy atom. The standard InChI is InChI=1S/C15H25N3.HI/c1-11(2)9-17-15(16)18-10-13(4)14-7-5-6-12(3)8-14;/h5-8,11,13H,9-10H2,1-4H3,(H3,16,17,18);1H. The molecule has 3 nitrogen and oxygen atoms in total. The van der Waals surface area contributed by atoms with E-state index >= 15 is 0 Å². The number of hydrogen-bond donors (Lipinski definition) is 2. The minimum atomic E-state index is 0. The van der Waals surface area contributed by atoms with Crippen molar-refractivity contribution in [3.05, 3.63) is 35.4 Å². The third-order valence-electron chi connectivity index (χ3n) is 2.83. The van der Waals surface area contributed by atoms with Crippen molar-refractivity contribution in [2.75, 3.05) is 13.1 Å². The first-order valence-electron chi connectivity index (χ1n) is 6.59. The molecule has 0 amide bonds. The van der Waals surface area contributed by atoms with Gasteiger partial charge in [0.15, 0.2) is 5.96 Å². The Kier molecular flexibility index (Phi) is 8.80. The number of nitrogens with zero attached hydrogens (tertiary/aromatic N) is 1. The van der Waals surface area contributed by atoms with Crippen molar-refractivity contribution in [3.8, 4) is 0 Å². The molecule has 0 heterocycles.